The molecule has 94 valence electrons. The van der Waals surface area contributed by atoms with Gasteiger partial charge in [0.1, 0.15) is 12.3 Å². The second-order valence-electron chi connectivity index (χ2n) is 3.76. The second-order valence-corrected chi connectivity index (χ2v) is 3.76. The Hall–Kier alpha value is -1.51. The number of aliphatic hydroxyl groups is 2. The van der Waals surface area contributed by atoms with Crippen molar-refractivity contribution >= 4 is 0 Å². The fourth-order valence-electron chi connectivity index (χ4n) is 1.72. The van der Waals surface area contributed by atoms with Gasteiger partial charge in [-0.3, -0.25) is 14.3 Å². The lowest BCUT2D eigenvalue weighted by molar-refractivity contribution is -0.0462. The number of hydrogen-bond donors (Lipinski definition) is 3. The molecule has 1 saturated heterocycles. The first kappa shape index (κ1) is 12.0. The van der Waals surface area contributed by atoms with Gasteiger partial charge in [0, 0.05) is 6.42 Å². The third kappa shape index (κ3) is 2.14. The molecule has 2 heterocycles. The average Bonchev–Trinajstić information content (AvgIpc) is 2.65. The van der Waals surface area contributed by atoms with Gasteiger partial charge in [-0.1, -0.05) is 0 Å². The number of rotatable bonds is 2. The van der Waals surface area contributed by atoms with Crippen LogP contribution in [0.15, 0.2) is 15.8 Å². The molecule has 1 aliphatic heterocycles. The molecule has 1 aliphatic rings. The number of aliphatic hydroxyl groups excluding tert-OH is 2. The van der Waals surface area contributed by atoms with Crippen LogP contribution in [0.2, 0.25) is 0 Å². The number of H-pyrrole nitrogens is 1. The smallest absolute Gasteiger partial charge is 0.330 e. The Morgan fingerprint density at radius 2 is 2.29 bits per heavy atom. The Bertz CT molecular complexity index is 525. The van der Waals surface area contributed by atoms with E-state index in [9.17, 15) is 19.1 Å². The molecule has 8 heteroatoms. The number of ether oxygens (including phenoxy) is 1. The summed E-state index contributed by atoms with van der Waals surface area (Å²) in [7, 11) is 0. The van der Waals surface area contributed by atoms with Crippen LogP contribution in [0.1, 0.15) is 12.6 Å². The summed E-state index contributed by atoms with van der Waals surface area (Å²) in [4.78, 5) is 24.0. The molecule has 0 amide bonds. The van der Waals surface area contributed by atoms with Gasteiger partial charge in [0.05, 0.1) is 18.9 Å². The molecule has 1 aromatic heterocycles. The van der Waals surface area contributed by atoms with Gasteiger partial charge in [-0.25, -0.2) is 4.79 Å². The van der Waals surface area contributed by atoms with Crippen molar-refractivity contribution in [2.75, 3.05) is 6.61 Å². The van der Waals surface area contributed by atoms with E-state index in [1.54, 1.807) is 4.98 Å². The molecule has 17 heavy (non-hydrogen) atoms. The first-order chi connectivity index (χ1) is 8.02. The summed E-state index contributed by atoms with van der Waals surface area (Å²) < 4.78 is 19.0. The minimum absolute atomic E-state index is 0.0383. The van der Waals surface area contributed by atoms with Crippen molar-refractivity contribution in [2.45, 2.75) is 24.9 Å². The number of aromatic amines is 1. The number of halogens is 1. The van der Waals surface area contributed by atoms with Crippen molar-refractivity contribution in [1.29, 1.82) is 0 Å². The lowest BCUT2D eigenvalue weighted by Gasteiger charge is -2.13. The Labute approximate surface area is 94.1 Å². The van der Waals surface area contributed by atoms with E-state index in [1.165, 1.54) is 0 Å². The highest BCUT2D eigenvalue weighted by Crippen LogP contribution is 2.26. The third-order valence-electron chi connectivity index (χ3n) is 2.62. The summed E-state index contributed by atoms with van der Waals surface area (Å²) >= 11 is 0. The topological polar surface area (TPSA) is 105 Å². The lowest BCUT2D eigenvalue weighted by atomic mass is 10.2. The minimum atomic E-state index is -1.12. The molecule has 0 spiro atoms. The molecule has 0 unspecified atom stereocenters. The van der Waals surface area contributed by atoms with Crippen LogP contribution in [0.5, 0.6) is 0 Å². The zero-order chi connectivity index (χ0) is 12.6. The van der Waals surface area contributed by atoms with Gasteiger partial charge < -0.3 is 14.9 Å². The monoisotopic (exact) mass is 246 g/mol. The van der Waals surface area contributed by atoms with E-state index in [1.807, 2.05) is 0 Å². The standard InChI is InChI=1S/C9H11FN2O5/c10-4-2-12(9(16)11-8(4)15)7-1-5(14)6(3-13)17-7/h2,5-7,13-14H,1,3H2,(H,11,15,16)/t5-,6-,7+/m1/s1. The average molecular weight is 246 g/mol. The van der Waals surface area contributed by atoms with Crippen molar-refractivity contribution in [1.82, 2.24) is 9.55 Å². The molecule has 0 saturated carbocycles. The molecule has 0 bridgehead atoms. The van der Waals surface area contributed by atoms with Crippen molar-refractivity contribution < 1.29 is 19.3 Å². The highest BCUT2D eigenvalue weighted by atomic mass is 19.1. The van der Waals surface area contributed by atoms with Crippen LogP contribution in [-0.4, -0.2) is 38.6 Å². The Balaban J connectivity index is 2.34. The number of nitrogens with one attached hydrogen (secondary N) is 1. The van der Waals surface area contributed by atoms with Crippen molar-refractivity contribution in [3.05, 3.63) is 32.9 Å². The summed E-state index contributed by atoms with van der Waals surface area (Å²) in [5, 5.41) is 18.3. The van der Waals surface area contributed by atoms with E-state index in [-0.39, 0.29) is 6.42 Å². The van der Waals surface area contributed by atoms with Crippen molar-refractivity contribution in [3.63, 3.8) is 0 Å². The van der Waals surface area contributed by atoms with Gasteiger partial charge in [0.15, 0.2) is 0 Å². The Kier molecular flexibility index (Phi) is 3.09. The van der Waals surface area contributed by atoms with Gasteiger partial charge in [0.25, 0.3) is 5.56 Å². The third-order valence-corrected chi connectivity index (χ3v) is 2.62. The molecule has 0 radical (unpaired) electrons. The lowest BCUT2D eigenvalue weighted by Crippen LogP contribution is -2.34. The van der Waals surface area contributed by atoms with Crippen LogP contribution in [-0.2, 0) is 4.74 Å². The zero-order valence-electron chi connectivity index (χ0n) is 8.67. The molecule has 0 aliphatic carbocycles. The Morgan fingerprint density at radius 3 is 2.88 bits per heavy atom. The quantitative estimate of drug-likeness (QED) is 0.578. The summed E-state index contributed by atoms with van der Waals surface area (Å²) in [6.45, 7) is -0.405. The van der Waals surface area contributed by atoms with Gasteiger partial charge in [-0.2, -0.15) is 4.39 Å². The number of aromatic nitrogens is 2. The van der Waals surface area contributed by atoms with Gasteiger partial charge in [-0.05, 0) is 0 Å². The SMILES string of the molecule is O=c1[nH]c(=O)n([C@@H]2C[C@@H](O)[C@@H](CO)O2)cc1F. The van der Waals surface area contributed by atoms with Crippen molar-refractivity contribution in [2.24, 2.45) is 0 Å². The summed E-state index contributed by atoms with van der Waals surface area (Å²) in [6, 6.07) is 0. The van der Waals surface area contributed by atoms with E-state index in [4.69, 9.17) is 9.84 Å². The van der Waals surface area contributed by atoms with Crippen LogP contribution >= 0.6 is 0 Å². The second kappa shape index (κ2) is 4.40. The van der Waals surface area contributed by atoms with E-state index < -0.39 is 42.1 Å². The summed E-state index contributed by atoms with van der Waals surface area (Å²) in [6.07, 6.45) is -1.90. The predicted molar refractivity (Wildman–Crippen MR) is 52.9 cm³/mol. The molecule has 2 rings (SSSR count). The molecule has 0 aromatic carbocycles. The molecular weight excluding hydrogens is 235 g/mol. The van der Waals surface area contributed by atoms with Gasteiger partial charge in [0.2, 0.25) is 5.82 Å². The van der Waals surface area contributed by atoms with Crippen LogP contribution < -0.4 is 11.2 Å². The summed E-state index contributed by atoms with van der Waals surface area (Å²) in [5.74, 6) is -1.12. The molecule has 1 fully saturated rings. The zero-order valence-corrected chi connectivity index (χ0v) is 8.67. The predicted octanol–water partition coefficient (Wildman–Crippen LogP) is -1.68. The first-order valence-corrected chi connectivity index (χ1v) is 4.98. The van der Waals surface area contributed by atoms with E-state index in [2.05, 4.69) is 0 Å². The van der Waals surface area contributed by atoms with Crippen LogP contribution in [0.25, 0.3) is 0 Å². The van der Waals surface area contributed by atoms with Crippen LogP contribution in [0, 0.1) is 5.82 Å². The molecule has 3 N–H and O–H groups in total. The van der Waals surface area contributed by atoms with Gasteiger partial charge in [-0.15, -0.1) is 0 Å². The number of nitrogens with zero attached hydrogens (tertiary/aromatic N) is 1. The highest BCUT2D eigenvalue weighted by molar-refractivity contribution is 4.90. The van der Waals surface area contributed by atoms with E-state index in [0.717, 1.165) is 10.8 Å². The maximum Gasteiger partial charge on any atom is 0.330 e. The minimum Gasteiger partial charge on any atom is -0.394 e. The molecular formula is C9H11FN2O5. The normalized spacial score (nSPS) is 28.5. The van der Waals surface area contributed by atoms with Crippen LogP contribution in [0.3, 0.4) is 0 Å². The largest absolute Gasteiger partial charge is 0.394 e. The van der Waals surface area contributed by atoms with E-state index >= 15 is 0 Å². The first-order valence-electron chi connectivity index (χ1n) is 4.98. The molecule has 7 nitrogen and oxygen atoms in total. The maximum absolute atomic E-state index is 13.0. The maximum atomic E-state index is 13.0. The molecule has 1 aromatic rings. The highest BCUT2D eigenvalue weighted by Gasteiger charge is 2.35. The summed E-state index contributed by atoms with van der Waals surface area (Å²) in [5.41, 5.74) is -1.93. The van der Waals surface area contributed by atoms with E-state index in [0.29, 0.717) is 0 Å². The van der Waals surface area contributed by atoms with Gasteiger partial charge >= 0.3 is 5.69 Å². The Morgan fingerprint density at radius 1 is 1.59 bits per heavy atom. The fraction of sp³-hybridized carbons (Fsp3) is 0.556. The fourth-order valence-corrected chi connectivity index (χ4v) is 1.72. The number of hydrogen-bond acceptors (Lipinski definition) is 5. The van der Waals surface area contributed by atoms with Crippen molar-refractivity contribution in [3.8, 4) is 0 Å². The molecule has 3 atom stereocenters. The van der Waals surface area contributed by atoms with Crippen LogP contribution in [0.4, 0.5) is 4.39 Å².